The first-order valence-electron chi connectivity index (χ1n) is 16.5. The summed E-state index contributed by atoms with van der Waals surface area (Å²) in [6.45, 7) is 7.00. The molecule has 10 nitrogen and oxygen atoms in total. The lowest BCUT2D eigenvalue weighted by molar-refractivity contribution is -0.137. The highest BCUT2D eigenvalue weighted by molar-refractivity contribution is 6.35. The van der Waals surface area contributed by atoms with E-state index in [1.165, 1.54) is 6.07 Å². The first kappa shape index (κ1) is 35.0. The van der Waals surface area contributed by atoms with Crippen LogP contribution in [-0.2, 0) is 10.9 Å². The first-order valence-corrected chi connectivity index (χ1v) is 17.2. The number of piperazine rings is 1. The number of nitrogen functional groups attached to an aromatic ring is 1. The molecule has 4 atom stereocenters. The summed E-state index contributed by atoms with van der Waals surface area (Å²) in [6, 6.07) is 1.37. The predicted molar refractivity (Wildman–Crippen MR) is 178 cm³/mol. The van der Waals surface area contributed by atoms with Gasteiger partial charge in [0.15, 0.2) is 5.82 Å². The fraction of sp³-hybridized carbons (Fsp3) is 0.576. The molecular weight excluding hydrogens is 708 g/mol. The number of amides is 1. The normalized spacial score (nSPS) is 25.4. The largest absolute Gasteiger partial charge is 0.461 e. The van der Waals surface area contributed by atoms with Crippen molar-refractivity contribution < 1.29 is 36.2 Å². The van der Waals surface area contributed by atoms with Crippen molar-refractivity contribution in [3.05, 3.63) is 33.6 Å². The van der Waals surface area contributed by atoms with Gasteiger partial charge in [0.25, 0.3) is 0 Å². The smallest absolute Gasteiger partial charge is 0.419 e. The lowest BCUT2D eigenvalue weighted by Gasteiger charge is -2.42. The number of fused-ring (bicyclic) bond motifs is 4. The zero-order chi connectivity index (χ0) is 35.9. The van der Waals surface area contributed by atoms with Crippen LogP contribution in [0.3, 0.4) is 0 Å². The third kappa shape index (κ3) is 6.23. The Balaban J connectivity index is 1.33. The Labute approximate surface area is 295 Å². The molecule has 0 aliphatic carbocycles. The molecule has 0 spiro atoms. The summed E-state index contributed by atoms with van der Waals surface area (Å²) in [4.78, 5) is 31.7. The third-order valence-electron chi connectivity index (χ3n) is 9.97. The molecular formula is C33H36Cl2F5N7O3. The number of nitrogens with two attached hydrogens (primary N) is 1. The van der Waals surface area contributed by atoms with Gasteiger partial charge in [-0.2, -0.15) is 23.1 Å². The summed E-state index contributed by atoms with van der Waals surface area (Å²) < 4.78 is 85.9. The molecule has 2 aromatic heterocycles. The molecule has 7 rings (SSSR count). The molecule has 4 aliphatic rings. The Hall–Kier alpha value is -3.43. The van der Waals surface area contributed by atoms with Crippen molar-refractivity contribution in [2.24, 2.45) is 0 Å². The molecule has 50 heavy (non-hydrogen) atoms. The topological polar surface area (TPSA) is 110 Å². The van der Waals surface area contributed by atoms with Gasteiger partial charge in [0, 0.05) is 31.4 Å². The van der Waals surface area contributed by atoms with Gasteiger partial charge >= 0.3 is 18.3 Å². The highest BCUT2D eigenvalue weighted by atomic mass is 35.5. The van der Waals surface area contributed by atoms with E-state index in [1.54, 1.807) is 25.7 Å². The molecule has 2 N–H and O–H groups in total. The quantitative estimate of drug-likeness (QED) is 0.270. The fourth-order valence-electron chi connectivity index (χ4n) is 8.00. The van der Waals surface area contributed by atoms with E-state index >= 15 is 4.39 Å². The molecule has 0 radical (unpaired) electrons. The number of nitrogens with zero attached hydrogens (tertiary/aromatic N) is 6. The maximum Gasteiger partial charge on any atom is 0.419 e. The van der Waals surface area contributed by atoms with Gasteiger partial charge in [-0.15, -0.1) is 0 Å². The number of benzene rings is 1. The predicted octanol–water partition coefficient (Wildman–Crippen LogP) is 7.28. The average molecular weight is 745 g/mol. The van der Waals surface area contributed by atoms with Gasteiger partial charge in [-0.1, -0.05) is 23.2 Å². The molecule has 4 aliphatic heterocycles. The number of ether oxygens (including phenoxy) is 2. The zero-order valence-corrected chi connectivity index (χ0v) is 29.1. The zero-order valence-electron chi connectivity index (χ0n) is 27.6. The number of hydrogen-bond acceptors (Lipinski definition) is 9. The van der Waals surface area contributed by atoms with E-state index in [-0.39, 0.29) is 60.2 Å². The van der Waals surface area contributed by atoms with E-state index in [0.717, 1.165) is 12.5 Å². The summed E-state index contributed by atoms with van der Waals surface area (Å²) in [5.41, 5.74) is 1.14. The summed E-state index contributed by atoms with van der Waals surface area (Å²) in [7, 11) is 0. The molecule has 3 aromatic rings. The van der Waals surface area contributed by atoms with Crippen molar-refractivity contribution >= 4 is 51.8 Å². The summed E-state index contributed by atoms with van der Waals surface area (Å²) in [5, 5.41) is -1.06. The maximum absolute atomic E-state index is 16.8. The number of rotatable bonds is 5. The number of hydrogen-bond donors (Lipinski definition) is 1. The number of aromatic nitrogens is 3. The van der Waals surface area contributed by atoms with E-state index in [9.17, 15) is 22.4 Å². The molecule has 17 heteroatoms. The molecule has 4 fully saturated rings. The SMILES string of the molecule is CC(C)(C)OC(=O)N1C2CCC1CN(c1nc(OC[C@@]34CCCN3C[C@H](F)C4)nc3c(F)c(-c4nc(N)cc(Cl)c4C(F)(F)F)c(Cl)cc13)C2. The van der Waals surface area contributed by atoms with Gasteiger partial charge in [0.1, 0.15) is 41.1 Å². The lowest BCUT2D eigenvalue weighted by atomic mass is 9.95. The van der Waals surface area contributed by atoms with E-state index < -0.39 is 62.3 Å². The molecule has 0 saturated carbocycles. The Morgan fingerprint density at radius 2 is 1.76 bits per heavy atom. The van der Waals surface area contributed by atoms with Crippen LogP contribution in [0.1, 0.15) is 58.4 Å². The maximum atomic E-state index is 16.8. The first-order chi connectivity index (χ1) is 23.4. The second-order valence-electron chi connectivity index (χ2n) is 14.6. The minimum Gasteiger partial charge on any atom is -0.461 e. The minimum absolute atomic E-state index is 0.0305. The number of pyridine rings is 1. The highest BCUT2D eigenvalue weighted by Crippen LogP contribution is 2.47. The van der Waals surface area contributed by atoms with Crippen LogP contribution >= 0.6 is 23.2 Å². The van der Waals surface area contributed by atoms with Gasteiger partial charge in [-0.3, -0.25) is 9.80 Å². The second kappa shape index (κ2) is 12.4. The summed E-state index contributed by atoms with van der Waals surface area (Å²) >= 11 is 12.6. The Morgan fingerprint density at radius 1 is 1.06 bits per heavy atom. The fourth-order valence-corrected chi connectivity index (χ4v) is 8.59. The van der Waals surface area contributed by atoms with Gasteiger partial charge in [0.05, 0.1) is 38.9 Å². The van der Waals surface area contributed by atoms with E-state index in [4.69, 9.17) is 43.4 Å². The number of carbonyl (C=O) groups is 1. The highest BCUT2D eigenvalue weighted by Gasteiger charge is 2.50. The van der Waals surface area contributed by atoms with Crippen LogP contribution < -0.4 is 15.4 Å². The number of alkyl halides is 4. The van der Waals surface area contributed by atoms with Crippen LogP contribution in [0.15, 0.2) is 12.1 Å². The lowest BCUT2D eigenvalue weighted by Crippen LogP contribution is -2.57. The molecule has 6 heterocycles. The molecule has 1 amide bonds. The monoisotopic (exact) mass is 743 g/mol. The number of anilines is 2. The van der Waals surface area contributed by atoms with Crippen LogP contribution in [-0.4, -0.2) is 93.0 Å². The third-order valence-corrected chi connectivity index (χ3v) is 10.6. The van der Waals surface area contributed by atoms with Crippen LogP contribution in [0.5, 0.6) is 6.01 Å². The van der Waals surface area contributed by atoms with Crippen LogP contribution in [0, 0.1) is 5.82 Å². The second-order valence-corrected chi connectivity index (χ2v) is 15.4. The van der Waals surface area contributed by atoms with Crippen molar-refractivity contribution in [2.75, 3.05) is 43.4 Å². The average Bonchev–Trinajstić information content (AvgIpc) is 3.61. The van der Waals surface area contributed by atoms with E-state index in [0.29, 0.717) is 38.9 Å². The van der Waals surface area contributed by atoms with E-state index in [1.807, 2.05) is 9.80 Å². The molecule has 2 unspecified atom stereocenters. The van der Waals surface area contributed by atoms with Crippen LogP contribution in [0.4, 0.5) is 38.4 Å². The summed E-state index contributed by atoms with van der Waals surface area (Å²) in [5.74, 6) is -1.35. The van der Waals surface area contributed by atoms with Crippen molar-refractivity contribution in [3.63, 3.8) is 0 Å². The number of halogens is 7. The molecule has 1 aromatic carbocycles. The Kier molecular flexibility index (Phi) is 8.65. The van der Waals surface area contributed by atoms with Crippen molar-refractivity contribution in [1.29, 1.82) is 0 Å². The van der Waals surface area contributed by atoms with Gasteiger partial charge in [-0.05, 0) is 65.1 Å². The van der Waals surface area contributed by atoms with Gasteiger partial charge < -0.3 is 20.1 Å². The van der Waals surface area contributed by atoms with Gasteiger partial charge in [0.2, 0.25) is 0 Å². The van der Waals surface area contributed by atoms with Crippen molar-refractivity contribution in [1.82, 2.24) is 24.8 Å². The number of carbonyl (C=O) groups excluding carboxylic acids is 1. The van der Waals surface area contributed by atoms with E-state index in [2.05, 4.69) is 9.97 Å². The summed E-state index contributed by atoms with van der Waals surface area (Å²) in [6.07, 6.45) is -3.28. The Morgan fingerprint density at radius 3 is 2.42 bits per heavy atom. The van der Waals surface area contributed by atoms with Crippen molar-refractivity contribution in [3.8, 4) is 17.3 Å². The molecule has 4 saturated heterocycles. The minimum atomic E-state index is -5.03. The standard InChI is InChI=1S/C33H36Cl2F5N7O3/c1-31(2,3)50-30(48)47-17-5-6-18(47)14-45(13-17)28-19-9-20(34)23(27-24(33(38,39)40)21(35)10-22(41)42-27)25(37)26(19)43-29(44-28)49-15-32-7-4-8-46(32)12-16(36)11-32/h9-10,16-18H,4-8,11-15H2,1-3H3,(H2,41,42)/t16-,17?,18?,32+/m1/s1. The Bertz CT molecular complexity index is 1850. The molecule has 270 valence electrons. The van der Waals surface area contributed by atoms with Crippen LogP contribution in [0.25, 0.3) is 22.2 Å². The van der Waals surface area contributed by atoms with Gasteiger partial charge in [-0.25, -0.2) is 18.6 Å². The van der Waals surface area contributed by atoms with Crippen molar-refractivity contribution in [2.45, 2.75) is 88.4 Å². The van der Waals surface area contributed by atoms with Crippen LogP contribution in [0.2, 0.25) is 10.0 Å². The molecule has 2 bridgehead atoms.